The van der Waals surface area contributed by atoms with Crippen molar-refractivity contribution in [1.82, 2.24) is 24.8 Å². The van der Waals surface area contributed by atoms with E-state index in [-0.39, 0.29) is 11.9 Å². The molecule has 200 valence electrons. The summed E-state index contributed by atoms with van der Waals surface area (Å²) in [5.74, 6) is 1.18. The monoisotopic (exact) mass is 544 g/mol. The third kappa shape index (κ3) is 4.33. The van der Waals surface area contributed by atoms with Crippen LogP contribution >= 0.6 is 11.6 Å². The second kappa shape index (κ2) is 9.10. The summed E-state index contributed by atoms with van der Waals surface area (Å²) in [7, 11) is 0. The molecule has 1 atom stereocenters. The number of carbonyl (C=O) groups excluding carboxylic acids is 1. The number of amides is 1. The third-order valence-corrected chi connectivity index (χ3v) is 8.17. The van der Waals surface area contributed by atoms with E-state index in [1.807, 2.05) is 22.8 Å². The van der Waals surface area contributed by atoms with E-state index in [2.05, 4.69) is 37.3 Å². The first kappa shape index (κ1) is 24.2. The van der Waals surface area contributed by atoms with Crippen LogP contribution in [0.4, 0.5) is 11.5 Å². The standard InChI is InChI=1S/C28H29ClN8O2/c29-18-10-20(16-1-4-23-17(9-16)5-8-39-23)21(12-37-15-34-24-25(30)32-14-33-26(24)37)22(11-18)36-7-6-28(31,13-36)27(38)35-19-2-3-19/h1,4,9-11,14-15,19H,2-3,5-8,12-13,31H2,(H,35,38)(H2,30,32,33). The van der Waals surface area contributed by atoms with Crippen LogP contribution < -0.4 is 26.4 Å². The normalized spacial score (nSPS) is 20.3. The van der Waals surface area contributed by atoms with E-state index in [0.29, 0.717) is 54.7 Å². The Kier molecular flexibility index (Phi) is 5.64. The molecule has 7 rings (SSSR count). The first-order valence-electron chi connectivity index (χ1n) is 13.2. The van der Waals surface area contributed by atoms with Crippen molar-refractivity contribution in [2.24, 2.45) is 5.73 Å². The smallest absolute Gasteiger partial charge is 0.242 e. The molecule has 2 aromatic carbocycles. The van der Waals surface area contributed by atoms with Gasteiger partial charge in [0.15, 0.2) is 11.5 Å². The zero-order valence-electron chi connectivity index (χ0n) is 21.4. The van der Waals surface area contributed by atoms with Gasteiger partial charge in [-0.3, -0.25) is 4.79 Å². The van der Waals surface area contributed by atoms with Crippen molar-refractivity contribution in [3.8, 4) is 16.9 Å². The number of nitrogen functional groups attached to an aromatic ring is 1. The topological polar surface area (TPSA) is 137 Å². The number of imidazole rings is 1. The molecule has 4 heterocycles. The number of hydrogen-bond acceptors (Lipinski definition) is 8. The van der Waals surface area contributed by atoms with Crippen LogP contribution in [0.2, 0.25) is 5.02 Å². The number of ether oxygens (including phenoxy) is 1. The quantitative estimate of drug-likeness (QED) is 0.337. The Morgan fingerprint density at radius 2 is 2.08 bits per heavy atom. The average molecular weight is 545 g/mol. The Hall–Kier alpha value is -3.89. The highest BCUT2D eigenvalue weighted by Gasteiger charge is 2.43. The van der Waals surface area contributed by atoms with Crippen LogP contribution in [0.25, 0.3) is 22.3 Å². The Morgan fingerprint density at radius 3 is 2.92 bits per heavy atom. The maximum absolute atomic E-state index is 13.0. The predicted octanol–water partition coefficient (Wildman–Crippen LogP) is 2.90. The van der Waals surface area contributed by atoms with Gasteiger partial charge in [0.25, 0.3) is 0 Å². The van der Waals surface area contributed by atoms with Crippen LogP contribution in [0.1, 0.15) is 30.4 Å². The van der Waals surface area contributed by atoms with Gasteiger partial charge >= 0.3 is 0 Å². The molecule has 39 heavy (non-hydrogen) atoms. The zero-order valence-corrected chi connectivity index (χ0v) is 22.1. The second-order valence-corrected chi connectivity index (χ2v) is 11.2. The largest absolute Gasteiger partial charge is 0.493 e. The molecule has 11 heteroatoms. The Morgan fingerprint density at radius 1 is 1.21 bits per heavy atom. The molecule has 0 bridgehead atoms. The van der Waals surface area contributed by atoms with Gasteiger partial charge in [0.1, 0.15) is 23.1 Å². The molecular weight excluding hydrogens is 516 g/mol. The lowest BCUT2D eigenvalue weighted by molar-refractivity contribution is -0.125. The van der Waals surface area contributed by atoms with Gasteiger partial charge in [-0.2, -0.15) is 0 Å². The van der Waals surface area contributed by atoms with Crippen LogP contribution in [0.3, 0.4) is 0 Å². The summed E-state index contributed by atoms with van der Waals surface area (Å²) in [6.07, 6.45) is 6.64. The maximum atomic E-state index is 13.0. The van der Waals surface area contributed by atoms with Gasteiger partial charge in [0, 0.05) is 41.8 Å². The summed E-state index contributed by atoms with van der Waals surface area (Å²) < 4.78 is 7.71. The highest BCUT2D eigenvalue weighted by molar-refractivity contribution is 6.31. The lowest BCUT2D eigenvalue weighted by atomic mass is 9.95. The first-order valence-corrected chi connectivity index (χ1v) is 13.6. The molecule has 0 spiro atoms. The van der Waals surface area contributed by atoms with Crippen LogP contribution in [0.5, 0.6) is 5.75 Å². The Bertz CT molecular complexity index is 1620. The number of anilines is 2. The molecule has 1 unspecified atom stereocenters. The minimum Gasteiger partial charge on any atom is -0.493 e. The molecule has 4 aromatic rings. The van der Waals surface area contributed by atoms with Gasteiger partial charge in [-0.15, -0.1) is 0 Å². The number of benzene rings is 2. The van der Waals surface area contributed by atoms with Crippen molar-refractivity contribution >= 4 is 40.2 Å². The lowest BCUT2D eigenvalue weighted by Gasteiger charge is -2.28. The molecule has 1 saturated heterocycles. The molecule has 1 aliphatic carbocycles. The summed E-state index contributed by atoms with van der Waals surface area (Å²) >= 11 is 6.76. The van der Waals surface area contributed by atoms with Crippen molar-refractivity contribution in [3.05, 3.63) is 59.1 Å². The summed E-state index contributed by atoms with van der Waals surface area (Å²) in [4.78, 5) is 28.2. The van der Waals surface area contributed by atoms with Crippen molar-refractivity contribution in [1.29, 1.82) is 0 Å². The van der Waals surface area contributed by atoms with Crippen molar-refractivity contribution in [3.63, 3.8) is 0 Å². The highest BCUT2D eigenvalue weighted by Crippen LogP contribution is 2.40. The van der Waals surface area contributed by atoms with E-state index in [1.54, 1.807) is 6.33 Å². The molecule has 2 fully saturated rings. The van der Waals surface area contributed by atoms with Crippen molar-refractivity contribution in [2.45, 2.75) is 43.8 Å². The van der Waals surface area contributed by atoms with Gasteiger partial charge in [0.05, 0.1) is 19.5 Å². The number of nitrogens with zero attached hydrogens (tertiary/aromatic N) is 5. The number of halogens is 1. The van der Waals surface area contributed by atoms with Crippen molar-refractivity contribution in [2.75, 3.05) is 30.3 Å². The number of hydrogen-bond donors (Lipinski definition) is 3. The Labute approximate surface area is 230 Å². The van der Waals surface area contributed by atoms with Gasteiger partial charge in [-0.25, -0.2) is 15.0 Å². The van der Waals surface area contributed by atoms with E-state index in [9.17, 15) is 4.79 Å². The van der Waals surface area contributed by atoms with E-state index >= 15 is 0 Å². The number of aromatic nitrogens is 4. The van der Waals surface area contributed by atoms with E-state index in [0.717, 1.165) is 47.4 Å². The van der Waals surface area contributed by atoms with E-state index in [4.69, 9.17) is 27.8 Å². The Balaban J connectivity index is 1.33. The average Bonchev–Trinajstić information content (AvgIpc) is 3.28. The fourth-order valence-electron chi connectivity index (χ4n) is 5.65. The van der Waals surface area contributed by atoms with Gasteiger partial charge in [0.2, 0.25) is 5.91 Å². The molecular formula is C28H29ClN8O2. The number of rotatable bonds is 6. The summed E-state index contributed by atoms with van der Waals surface area (Å²) in [5, 5.41) is 3.70. The number of nitrogens with one attached hydrogen (secondary N) is 1. The second-order valence-electron chi connectivity index (χ2n) is 10.8. The SMILES string of the molecule is Nc1ncnc2c1ncn2Cc1c(-c2ccc3c(c2)CCO3)cc(Cl)cc1N1CCC(N)(C(=O)NC2CC2)C1. The van der Waals surface area contributed by atoms with Crippen molar-refractivity contribution < 1.29 is 9.53 Å². The van der Waals surface area contributed by atoms with Gasteiger partial charge in [-0.1, -0.05) is 17.7 Å². The highest BCUT2D eigenvalue weighted by atomic mass is 35.5. The molecule has 2 aromatic heterocycles. The molecule has 2 aliphatic heterocycles. The fourth-order valence-corrected chi connectivity index (χ4v) is 5.86. The molecule has 10 nitrogen and oxygen atoms in total. The van der Waals surface area contributed by atoms with Crippen LogP contribution in [0.15, 0.2) is 43.0 Å². The number of carbonyl (C=O) groups is 1. The lowest BCUT2D eigenvalue weighted by Crippen LogP contribution is -2.56. The first-order chi connectivity index (χ1) is 18.9. The molecule has 5 N–H and O–H groups in total. The zero-order chi connectivity index (χ0) is 26.7. The predicted molar refractivity (Wildman–Crippen MR) is 150 cm³/mol. The summed E-state index contributed by atoms with van der Waals surface area (Å²) in [6, 6.07) is 10.5. The van der Waals surface area contributed by atoms with Crippen LogP contribution in [-0.4, -0.2) is 56.7 Å². The van der Waals surface area contributed by atoms with E-state index < -0.39 is 5.54 Å². The molecule has 1 amide bonds. The van der Waals surface area contributed by atoms with E-state index in [1.165, 1.54) is 11.9 Å². The molecule has 0 radical (unpaired) electrons. The fraction of sp³-hybridized carbons (Fsp3) is 0.357. The molecule has 1 saturated carbocycles. The summed E-state index contributed by atoms with van der Waals surface area (Å²) in [5.41, 5.74) is 18.2. The number of fused-ring (bicyclic) bond motifs is 2. The van der Waals surface area contributed by atoms with Crippen LogP contribution in [-0.2, 0) is 17.8 Å². The van der Waals surface area contributed by atoms with Gasteiger partial charge in [-0.05, 0) is 60.2 Å². The third-order valence-electron chi connectivity index (χ3n) is 7.96. The summed E-state index contributed by atoms with van der Waals surface area (Å²) in [6.45, 7) is 2.18. The molecule has 3 aliphatic rings. The minimum absolute atomic E-state index is 0.0808. The van der Waals surface area contributed by atoms with Crippen LogP contribution in [0, 0.1) is 0 Å². The minimum atomic E-state index is -0.962. The maximum Gasteiger partial charge on any atom is 0.242 e. The van der Waals surface area contributed by atoms with Gasteiger partial charge < -0.3 is 31.0 Å². The number of nitrogens with two attached hydrogens (primary N) is 2.